The van der Waals surface area contributed by atoms with Crippen molar-refractivity contribution < 1.29 is 13.2 Å². The van der Waals surface area contributed by atoms with Crippen molar-refractivity contribution in [3.8, 4) is 0 Å². The highest BCUT2D eigenvalue weighted by molar-refractivity contribution is 7.92. The van der Waals surface area contributed by atoms with Crippen molar-refractivity contribution in [1.29, 1.82) is 0 Å². The number of nitrogens with zero attached hydrogens (tertiary/aromatic N) is 2. The molecule has 0 aliphatic carbocycles. The van der Waals surface area contributed by atoms with E-state index >= 15 is 0 Å². The number of H-pyrrole nitrogens is 1. The van der Waals surface area contributed by atoms with Crippen LogP contribution in [0.15, 0.2) is 60.3 Å². The lowest BCUT2D eigenvalue weighted by Gasteiger charge is -2.29. The normalized spacial score (nSPS) is 16.3. The molecule has 2 heterocycles. The second-order valence-corrected chi connectivity index (χ2v) is 9.22. The van der Waals surface area contributed by atoms with Gasteiger partial charge in [-0.25, -0.2) is 13.4 Å². The molecule has 0 radical (unpaired) electrons. The average molecular weight is 425 g/mol. The summed E-state index contributed by atoms with van der Waals surface area (Å²) < 4.78 is 26.6. The van der Waals surface area contributed by atoms with Crippen LogP contribution in [-0.2, 0) is 21.4 Å². The lowest BCUT2D eigenvalue weighted by molar-refractivity contribution is -0.126. The molecule has 7 nitrogen and oxygen atoms in total. The van der Waals surface area contributed by atoms with Crippen LogP contribution in [0.1, 0.15) is 24.0 Å². The lowest BCUT2D eigenvalue weighted by Crippen LogP contribution is -2.42. The maximum atomic E-state index is 12.6. The van der Waals surface area contributed by atoms with Crippen molar-refractivity contribution in [2.45, 2.75) is 19.4 Å². The number of hydrogen-bond donors (Lipinski definition) is 2. The molecule has 1 amide bonds. The first-order valence-electron chi connectivity index (χ1n) is 9.94. The van der Waals surface area contributed by atoms with Crippen molar-refractivity contribution in [3.05, 3.63) is 71.4 Å². The van der Waals surface area contributed by atoms with Crippen molar-refractivity contribution >= 4 is 33.0 Å². The fourth-order valence-electron chi connectivity index (χ4n) is 3.61. The maximum Gasteiger partial charge on any atom is 0.236 e. The van der Waals surface area contributed by atoms with E-state index < -0.39 is 10.0 Å². The molecular formula is C22H24N4O3S. The predicted octanol–water partition coefficient (Wildman–Crippen LogP) is 2.89. The van der Waals surface area contributed by atoms with E-state index in [1.807, 2.05) is 48.5 Å². The quantitative estimate of drug-likeness (QED) is 0.636. The third-order valence-corrected chi connectivity index (χ3v) is 6.93. The standard InChI is InChI=1S/C22H24N4O3S/c27-22(23-15-18-6-7-20-21(14-18)25-16-24-20)19-8-11-26(12-9-19)30(28,29)13-10-17-4-2-1-3-5-17/h1-7,10,13-14,16,19H,8-9,11-12,15H2,(H,23,27)(H,24,25)/b13-10+. The Morgan fingerprint density at radius 3 is 2.70 bits per heavy atom. The molecule has 0 atom stereocenters. The smallest absolute Gasteiger partial charge is 0.236 e. The minimum absolute atomic E-state index is 0.0333. The largest absolute Gasteiger partial charge is 0.352 e. The summed E-state index contributed by atoms with van der Waals surface area (Å²) in [6.45, 7) is 1.12. The number of rotatable bonds is 6. The number of amides is 1. The van der Waals surface area contributed by atoms with Crippen LogP contribution in [0.25, 0.3) is 17.1 Å². The number of aromatic amines is 1. The Kier molecular flexibility index (Phi) is 5.96. The van der Waals surface area contributed by atoms with E-state index in [2.05, 4.69) is 15.3 Å². The van der Waals surface area contributed by atoms with Crippen molar-refractivity contribution in [2.75, 3.05) is 13.1 Å². The molecule has 1 aromatic heterocycles. The number of imidazole rings is 1. The van der Waals surface area contributed by atoms with Gasteiger partial charge in [0.2, 0.25) is 15.9 Å². The Labute approximate surface area is 175 Å². The van der Waals surface area contributed by atoms with Gasteiger partial charge in [-0.2, -0.15) is 4.31 Å². The number of fused-ring (bicyclic) bond motifs is 1. The Bertz CT molecular complexity index is 1150. The summed E-state index contributed by atoms with van der Waals surface area (Å²) in [6, 6.07) is 15.2. The minimum atomic E-state index is -3.49. The van der Waals surface area contributed by atoms with Gasteiger partial charge in [0.15, 0.2) is 0 Å². The molecule has 30 heavy (non-hydrogen) atoms. The van der Waals surface area contributed by atoms with Crippen LogP contribution in [0.2, 0.25) is 0 Å². The summed E-state index contributed by atoms with van der Waals surface area (Å²) in [5, 5.41) is 4.21. The van der Waals surface area contributed by atoms with Gasteiger partial charge in [-0.15, -0.1) is 0 Å². The first kappa shape index (κ1) is 20.3. The summed E-state index contributed by atoms with van der Waals surface area (Å²) >= 11 is 0. The number of benzene rings is 2. The van der Waals surface area contributed by atoms with Gasteiger partial charge in [-0.05, 0) is 42.2 Å². The van der Waals surface area contributed by atoms with Crippen LogP contribution >= 0.6 is 0 Å². The Morgan fingerprint density at radius 2 is 1.93 bits per heavy atom. The van der Waals surface area contributed by atoms with E-state index in [0.29, 0.717) is 32.5 Å². The molecule has 156 valence electrons. The van der Waals surface area contributed by atoms with Crippen LogP contribution in [0, 0.1) is 5.92 Å². The molecule has 2 N–H and O–H groups in total. The van der Waals surface area contributed by atoms with Crippen LogP contribution in [0.4, 0.5) is 0 Å². The molecule has 1 aliphatic heterocycles. The molecule has 1 saturated heterocycles. The lowest BCUT2D eigenvalue weighted by atomic mass is 9.97. The first-order chi connectivity index (χ1) is 14.5. The zero-order valence-corrected chi connectivity index (χ0v) is 17.3. The van der Waals surface area contributed by atoms with Gasteiger partial charge >= 0.3 is 0 Å². The topological polar surface area (TPSA) is 95.2 Å². The molecule has 0 bridgehead atoms. The average Bonchev–Trinajstić information content (AvgIpc) is 3.25. The highest BCUT2D eigenvalue weighted by Crippen LogP contribution is 2.21. The molecule has 1 fully saturated rings. The van der Waals surface area contributed by atoms with Crippen LogP contribution < -0.4 is 5.32 Å². The zero-order chi connectivity index (χ0) is 21.0. The van der Waals surface area contributed by atoms with E-state index in [1.54, 1.807) is 12.4 Å². The number of aromatic nitrogens is 2. The number of hydrogen-bond acceptors (Lipinski definition) is 4. The van der Waals surface area contributed by atoms with Crippen LogP contribution in [-0.4, -0.2) is 41.7 Å². The SMILES string of the molecule is O=C(NCc1ccc2[nH]cnc2c1)C1CCN(S(=O)(=O)/C=C/c2ccccc2)CC1. The number of piperidine rings is 1. The molecule has 1 aliphatic rings. The van der Waals surface area contributed by atoms with Crippen LogP contribution in [0.5, 0.6) is 0 Å². The maximum absolute atomic E-state index is 12.6. The molecule has 2 aromatic carbocycles. The monoisotopic (exact) mass is 424 g/mol. The van der Waals surface area contributed by atoms with Gasteiger partial charge in [0, 0.05) is 31.0 Å². The van der Waals surface area contributed by atoms with Gasteiger partial charge in [-0.1, -0.05) is 36.4 Å². The molecule has 3 aromatic rings. The van der Waals surface area contributed by atoms with Crippen LogP contribution in [0.3, 0.4) is 0 Å². The Balaban J connectivity index is 1.29. The summed E-state index contributed by atoms with van der Waals surface area (Å²) in [7, 11) is -3.49. The summed E-state index contributed by atoms with van der Waals surface area (Å²) in [5.74, 6) is -0.210. The van der Waals surface area contributed by atoms with Gasteiger partial charge in [0.1, 0.15) is 0 Å². The highest BCUT2D eigenvalue weighted by atomic mass is 32.2. The van der Waals surface area contributed by atoms with Crippen molar-refractivity contribution in [1.82, 2.24) is 19.6 Å². The third-order valence-electron chi connectivity index (χ3n) is 5.37. The molecule has 0 spiro atoms. The fraction of sp³-hybridized carbons (Fsp3) is 0.273. The number of carbonyl (C=O) groups is 1. The van der Waals surface area contributed by atoms with Gasteiger partial charge in [0.25, 0.3) is 0 Å². The second-order valence-electron chi connectivity index (χ2n) is 7.40. The van der Waals surface area contributed by atoms with E-state index in [0.717, 1.165) is 22.2 Å². The van der Waals surface area contributed by atoms with Crippen molar-refractivity contribution in [3.63, 3.8) is 0 Å². The van der Waals surface area contributed by atoms with Gasteiger partial charge < -0.3 is 10.3 Å². The molecule has 4 rings (SSSR count). The van der Waals surface area contributed by atoms with E-state index in [1.165, 1.54) is 9.71 Å². The molecule has 8 heteroatoms. The first-order valence-corrected chi connectivity index (χ1v) is 11.4. The third kappa shape index (κ3) is 4.77. The zero-order valence-electron chi connectivity index (χ0n) is 16.5. The molecule has 0 saturated carbocycles. The predicted molar refractivity (Wildman–Crippen MR) is 117 cm³/mol. The van der Waals surface area contributed by atoms with Gasteiger partial charge in [0.05, 0.1) is 17.4 Å². The van der Waals surface area contributed by atoms with Crippen molar-refractivity contribution in [2.24, 2.45) is 5.92 Å². The Morgan fingerprint density at radius 1 is 1.17 bits per heavy atom. The second kappa shape index (κ2) is 8.81. The summed E-state index contributed by atoms with van der Waals surface area (Å²) in [5.41, 5.74) is 3.64. The number of carbonyl (C=O) groups excluding carboxylic acids is 1. The van der Waals surface area contributed by atoms with E-state index in [-0.39, 0.29) is 11.8 Å². The van der Waals surface area contributed by atoms with E-state index in [9.17, 15) is 13.2 Å². The highest BCUT2D eigenvalue weighted by Gasteiger charge is 2.29. The number of sulfonamides is 1. The van der Waals surface area contributed by atoms with E-state index in [4.69, 9.17) is 0 Å². The fourth-order valence-corrected chi connectivity index (χ4v) is 4.83. The summed E-state index contributed by atoms with van der Waals surface area (Å²) in [4.78, 5) is 19.8. The minimum Gasteiger partial charge on any atom is -0.352 e. The Hall–Kier alpha value is -2.97. The number of nitrogens with one attached hydrogen (secondary N) is 2. The summed E-state index contributed by atoms with van der Waals surface area (Å²) in [6.07, 6.45) is 4.28. The molecule has 0 unspecified atom stereocenters. The van der Waals surface area contributed by atoms with Gasteiger partial charge in [-0.3, -0.25) is 4.79 Å². The molecular weight excluding hydrogens is 400 g/mol.